The van der Waals surface area contributed by atoms with E-state index in [0.717, 1.165) is 36.0 Å². The molecule has 174 valence electrons. The number of aromatic nitrogens is 1. The Bertz CT molecular complexity index is 1340. The first kappa shape index (κ1) is 23.3. The Morgan fingerprint density at radius 3 is 2.65 bits per heavy atom. The number of aliphatic hydroxyl groups is 1. The highest BCUT2D eigenvalue weighted by atomic mass is 16.5. The predicted molar refractivity (Wildman–Crippen MR) is 133 cm³/mol. The zero-order chi connectivity index (χ0) is 24.1. The Labute approximate surface area is 198 Å². The maximum atomic E-state index is 11.6. The van der Waals surface area contributed by atoms with Crippen molar-refractivity contribution < 1.29 is 19.4 Å². The molecule has 1 aliphatic rings. The van der Waals surface area contributed by atoms with Crippen molar-refractivity contribution in [1.29, 1.82) is 0 Å². The first-order valence-electron chi connectivity index (χ1n) is 11.3. The molecular weight excluding hydrogens is 428 g/mol. The van der Waals surface area contributed by atoms with Crippen molar-refractivity contribution in [3.63, 3.8) is 0 Å². The maximum absolute atomic E-state index is 11.6. The van der Waals surface area contributed by atoms with E-state index in [2.05, 4.69) is 17.1 Å². The maximum Gasteiger partial charge on any atom is 0.252 e. The lowest BCUT2D eigenvalue weighted by atomic mass is 9.96. The Morgan fingerprint density at radius 1 is 1.06 bits per heavy atom. The number of nitrogens with two attached hydrogens (primary N) is 1. The summed E-state index contributed by atoms with van der Waals surface area (Å²) in [5.74, 6) is 0.100. The molecule has 0 fully saturated rings. The zero-order valence-corrected chi connectivity index (χ0v) is 19.1. The number of rotatable bonds is 6. The number of para-hydroxylation sites is 1. The number of ketones is 1. The summed E-state index contributed by atoms with van der Waals surface area (Å²) in [6.07, 6.45) is 4.57. The molecule has 0 spiro atoms. The van der Waals surface area contributed by atoms with Gasteiger partial charge in [-0.3, -0.25) is 9.59 Å². The van der Waals surface area contributed by atoms with Crippen LogP contribution in [0.5, 0.6) is 5.75 Å². The van der Waals surface area contributed by atoms with Crippen LogP contribution < -0.4 is 10.5 Å². The summed E-state index contributed by atoms with van der Waals surface area (Å²) in [7, 11) is 0. The number of aromatic amines is 1. The normalized spacial score (nSPS) is 11.9. The van der Waals surface area contributed by atoms with E-state index in [-0.39, 0.29) is 12.4 Å². The molecule has 1 aliphatic heterocycles. The number of H-pyrrole nitrogens is 1. The molecule has 0 radical (unpaired) electrons. The number of primary amides is 1. The fourth-order valence-corrected chi connectivity index (χ4v) is 4.18. The topological polar surface area (TPSA) is 105 Å². The minimum absolute atomic E-state index is 0.0106. The molecule has 1 amide bonds. The van der Waals surface area contributed by atoms with Crippen molar-refractivity contribution >= 4 is 22.6 Å². The molecule has 4 N–H and O–H groups in total. The van der Waals surface area contributed by atoms with Crippen molar-refractivity contribution in [1.82, 2.24) is 4.98 Å². The average molecular weight is 457 g/mol. The number of carbonyl (C=O) groups is 2. The molecule has 0 bridgehead atoms. The van der Waals surface area contributed by atoms with Gasteiger partial charge in [0.1, 0.15) is 5.75 Å². The van der Waals surface area contributed by atoms with Gasteiger partial charge in [-0.1, -0.05) is 36.4 Å². The van der Waals surface area contributed by atoms with Crippen LogP contribution in [0, 0.1) is 0 Å². The summed E-state index contributed by atoms with van der Waals surface area (Å²) in [5.41, 5.74) is 11.7. The van der Waals surface area contributed by atoms with Crippen LogP contribution >= 0.6 is 0 Å². The molecule has 2 heterocycles. The number of ether oxygens (including phenoxy) is 1. The van der Waals surface area contributed by atoms with E-state index in [1.54, 1.807) is 12.1 Å². The van der Waals surface area contributed by atoms with E-state index in [9.17, 15) is 9.59 Å². The van der Waals surface area contributed by atoms with Gasteiger partial charge in [-0.25, -0.2) is 0 Å². The molecule has 1 aromatic heterocycles. The number of aryl methyl sites for hydroxylation is 1. The summed E-state index contributed by atoms with van der Waals surface area (Å²) in [6.45, 7) is 2.36. The lowest BCUT2D eigenvalue weighted by Gasteiger charge is -2.10. The van der Waals surface area contributed by atoms with Crippen molar-refractivity contribution in [3.05, 3.63) is 89.1 Å². The van der Waals surface area contributed by atoms with E-state index >= 15 is 0 Å². The monoisotopic (exact) mass is 456 g/mol. The average Bonchev–Trinajstić information content (AvgIpc) is 3.49. The lowest BCUT2D eigenvalue weighted by molar-refractivity contribution is 0.0993. The van der Waals surface area contributed by atoms with Crippen LogP contribution in [-0.4, -0.2) is 35.0 Å². The quantitative estimate of drug-likeness (QED) is 0.366. The second-order valence-electron chi connectivity index (χ2n) is 8.30. The molecule has 0 saturated carbocycles. The van der Waals surface area contributed by atoms with Gasteiger partial charge < -0.3 is 20.6 Å². The van der Waals surface area contributed by atoms with Crippen molar-refractivity contribution in [2.24, 2.45) is 5.73 Å². The van der Waals surface area contributed by atoms with Gasteiger partial charge in [0.05, 0.1) is 12.2 Å². The van der Waals surface area contributed by atoms with Crippen LogP contribution in [0.15, 0.2) is 66.9 Å². The fourth-order valence-electron chi connectivity index (χ4n) is 4.18. The number of carbonyl (C=O) groups excluding carboxylic acids is 2. The largest absolute Gasteiger partial charge is 0.492 e. The van der Waals surface area contributed by atoms with E-state index < -0.39 is 5.91 Å². The first-order valence-corrected chi connectivity index (χ1v) is 11.3. The standard InChI is InChI=1S/C17H15NO3.C11H13NO/c1-10(19)11-3-2-4-12(7-11)14-8-13-5-6-21-16(13)15(9-14)17(18)20;13-7-3-4-9-8-12-11-6-2-1-5-10(9)11/h2-4,7-9H,5-6H2,1H3,(H2,18,20);1-2,5-6,8,12-13H,3-4,7H2. The van der Waals surface area contributed by atoms with Crippen LogP contribution in [0.3, 0.4) is 0 Å². The SMILES string of the molecule is CC(=O)c1cccc(-c2cc3c(c(C(N)=O)c2)OCC3)c1.OCCCc1c[nH]c2ccccc12. The van der Waals surface area contributed by atoms with Gasteiger partial charge in [0.15, 0.2) is 5.78 Å². The van der Waals surface area contributed by atoms with E-state index in [0.29, 0.717) is 23.5 Å². The molecule has 6 heteroatoms. The van der Waals surface area contributed by atoms with Crippen molar-refractivity contribution in [2.75, 3.05) is 13.2 Å². The van der Waals surface area contributed by atoms with E-state index in [4.69, 9.17) is 15.6 Å². The van der Waals surface area contributed by atoms with Crippen LogP contribution in [0.1, 0.15) is 45.2 Å². The highest BCUT2D eigenvalue weighted by Gasteiger charge is 2.21. The number of Topliss-reactive ketones (excluding diaryl/α,β-unsaturated/α-hetero) is 1. The molecule has 0 saturated heterocycles. The number of benzene rings is 3. The van der Waals surface area contributed by atoms with Gasteiger partial charge in [0, 0.05) is 35.7 Å². The van der Waals surface area contributed by atoms with Gasteiger partial charge in [-0.15, -0.1) is 0 Å². The third-order valence-corrected chi connectivity index (χ3v) is 5.93. The third-order valence-electron chi connectivity index (χ3n) is 5.93. The summed E-state index contributed by atoms with van der Waals surface area (Å²) >= 11 is 0. The summed E-state index contributed by atoms with van der Waals surface area (Å²) < 4.78 is 5.49. The smallest absolute Gasteiger partial charge is 0.252 e. The highest BCUT2D eigenvalue weighted by molar-refractivity contribution is 5.98. The highest BCUT2D eigenvalue weighted by Crippen LogP contribution is 2.34. The Kier molecular flexibility index (Phi) is 7.09. The molecule has 3 aromatic carbocycles. The first-order chi connectivity index (χ1) is 16.5. The van der Waals surface area contributed by atoms with Crippen LogP contribution in [0.4, 0.5) is 0 Å². The second kappa shape index (κ2) is 10.4. The molecule has 0 atom stereocenters. The Hall–Kier alpha value is -3.90. The number of hydrogen-bond donors (Lipinski definition) is 3. The summed E-state index contributed by atoms with van der Waals surface area (Å²) in [4.78, 5) is 26.3. The summed E-state index contributed by atoms with van der Waals surface area (Å²) in [5, 5.41) is 10.0. The van der Waals surface area contributed by atoms with E-state index in [1.807, 2.05) is 42.6 Å². The van der Waals surface area contributed by atoms with Crippen molar-refractivity contribution in [3.8, 4) is 16.9 Å². The molecule has 34 heavy (non-hydrogen) atoms. The molecule has 6 nitrogen and oxygen atoms in total. The molecule has 0 aliphatic carbocycles. The molecule has 0 unspecified atom stereocenters. The van der Waals surface area contributed by atoms with Gasteiger partial charge in [-0.2, -0.15) is 0 Å². The predicted octanol–water partition coefficient (Wildman–Crippen LogP) is 4.68. The minimum atomic E-state index is -0.502. The van der Waals surface area contributed by atoms with Crippen molar-refractivity contribution in [2.45, 2.75) is 26.2 Å². The van der Waals surface area contributed by atoms with Crippen LogP contribution in [0.2, 0.25) is 0 Å². The second-order valence-corrected chi connectivity index (χ2v) is 8.30. The fraction of sp³-hybridized carbons (Fsp3) is 0.214. The Morgan fingerprint density at radius 2 is 1.88 bits per heavy atom. The molecule has 5 rings (SSSR count). The third kappa shape index (κ3) is 5.02. The van der Waals surface area contributed by atoms with Gasteiger partial charge in [-0.05, 0) is 66.3 Å². The number of fused-ring (bicyclic) bond motifs is 2. The summed E-state index contributed by atoms with van der Waals surface area (Å²) in [6, 6.07) is 19.3. The van der Waals surface area contributed by atoms with Gasteiger partial charge >= 0.3 is 0 Å². The minimum Gasteiger partial charge on any atom is -0.492 e. The lowest BCUT2D eigenvalue weighted by Crippen LogP contribution is -2.12. The zero-order valence-electron chi connectivity index (χ0n) is 19.1. The molecule has 4 aromatic rings. The van der Waals surface area contributed by atoms with Crippen LogP contribution in [-0.2, 0) is 12.8 Å². The van der Waals surface area contributed by atoms with Crippen LogP contribution in [0.25, 0.3) is 22.0 Å². The van der Waals surface area contributed by atoms with Gasteiger partial charge in [0.2, 0.25) is 0 Å². The number of nitrogens with one attached hydrogen (secondary N) is 1. The van der Waals surface area contributed by atoms with Gasteiger partial charge in [0.25, 0.3) is 5.91 Å². The number of aliphatic hydroxyl groups excluding tert-OH is 1. The molecular formula is C28H28N2O4. The Balaban J connectivity index is 0.000000180. The number of amides is 1. The number of hydrogen-bond acceptors (Lipinski definition) is 4. The van der Waals surface area contributed by atoms with E-state index in [1.165, 1.54) is 23.4 Å².